The highest BCUT2D eigenvalue weighted by molar-refractivity contribution is 9.10. The number of aliphatic hydroxyl groups is 1. The smallest absolute Gasteiger partial charge is 0.333 e. The van der Waals surface area contributed by atoms with E-state index in [2.05, 4.69) is 21.2 Å². The van der Waals surface area contributed by atoms with Gasteiger partial charge in [-0.05, 0) is 47.9 Å². The van der Waals surface area contributed by atoms with Gasteiger partial charge in [0.05, 0.1) is 6.10 Å². The van der Waals surface area contributed by atoms with E-state index in [0.29, 0.717) is 36.3 Å². The van der Waals surface area contributed by atoms with Gasteiger partial charge in [-0.3, -0.25) is 0 Å². The first-order valence-electron chi connectivity index (χ1n) is 9.97. The lowest BCUT2D eigenvalue weighted by atomic mass is 9.93. The Bertz CT molecular complexity index is 1030. The van der Waals surface area contributed by atoms with E-state index in [1.54, 1.807) is 0 Å². The van der Waals surface area contributed by atoms with Crippen molar-refractivity contribution < 1.29 is 22.7 Å². The standard InChI is InChI=1S/C21H27BrN2O5S/c1-11(2)14-8-13(22)9-15(12(3)4)20(14)23-21(26)24-30(27,28)19-10-16-17(25)6-5-7-18(16)29-19/h8-12,17,25H,5-7H2,1-4H3,(H2,23,24,26). The normalized spacial score (nSPS) is 16.6. The number of aliphatic hydroxyl groups excluding tert-OH is 1. The molecule has 0 bridgehead atoms. The van der Waals surface area contributed by atoms with Crippen LogP contribution in [0.25, 0.3) is 0 Å². The van der Waals surface area contributed by atoms with E-state index in [9.17, 15) is 18.3 Å². The summed E-state index contributed by atoms with van der Waals surface area (Å²) in [4.78, 5) is 12.6. The number of fused-ring (bicyclic) bond motifs is 1. The largest absolute Gasteiger partial charge is 0.447 e. The minimum Gasteiger partial charge on any atom is -0.447 e. The number of furan rings is 1. The number of urea groups is 1. The van der Waals surface area contributed by atoms with Crippen molar-refractivity contribution in [1.82, 2.24) is 4.72 Å². The monoisotopic (exact) mass is 498 g/mol. The zero-order valence-electron chi connectivity index (χ0n) is 17.5. The second-order valence-corrected chi connectivity index (χ2v) is 10.7. The number of amides is 2. The Kier molecular flexibility index (Phi) is 6.64. The van der Waals surface area contributed by atoms with Crippen molar-refractivity contribution in [3.05, 3.63) is 45.1 Å². The van der Waals surface area contributed by atoms with E-state index in [1.165, 1.54) is 6.07 Å². The zero-order chi connectivity index (χ0) is 22.2. The predicted molar refractivity (Wildman–Crippen MR) is 118 cm³/mol. The second-order valence-electron chi connectivity index (χ2n) is 8.18. The van der Waals surface area contributed by atoms with Crippen molar-refractivity contribution in [2.45, 2.75) is 70.0 Å². The van der Waals surface area contributed by atoms with Gasteiger partial charge in [0, 0.05) is 28.2 Å². The number of halogens is 1. The molecule has 0 aliphatic heterocycles. The lowest BCUT2D eigenvalue weighted by Crippen LogP contribution is -2.34. The molecule has 2 aromatic rings. The molecule has 0 radical (unpaired) electrons. The fourth-order valence-corrected chi connectivity index (χ4v) is 5.04. The van der Waals surface area contributed by atoms with E-state index in [0.717, 1.165) is 15.6 Å². The summed E-state index contributed by atoms with van der Waals surface area (Å²) in [5.74, 6) is 0.682. The summed E-state index contributed by atoms with van der Waals surface area (Å²) < 4.78 is 33.7. The number of benzene rings is 1. The molecular formula is C21H27BrN2O5S. The summed E-state index contributed by atoms with van der Waals surface area (Å²) in [7, 11) is -4.22. The van der Waals surface area contributed by atoms with Gasteiger partial charge in [-0.2, -0.15) is 8.42 Å². The van der Waals surface area contributed by atoms with Gasteiger partial charge in [-0.25, -0.2) is 9.52 Å². The molecule has 0 saturated carbocycles. The highest BCUT2D eigenvalue weighted by Crippen LogP contribution is 2.36. The number of nitrogens with one attached hydrogen (secondary N) is 2. The van der Waals surface area contributed by atoms with Gasteiger partial charge in [0.2, 0.25) is 5.09 Å². The fourth-order valence-electron chi connectivity index (χ4n) is 3.65. The van der Waals surface area contributed by atoms with Crippen LogP contribution in [0.5, 0.6) is 0 Å². The Balaban J connectivity index is 1.87. The molecule has 0 fully saturated rings. The topological polar surface area (TPSA) is 109 Å². The SMILES string of the molecule is CC(C)c1cc(Br)cc(C(C)C)c1NC(=O)NS(=O)(=O)c1cc2c(o1)CCCC2O. The Morgan fingerprint density at radius 1 is 1.17 bits per heavy atom. The minimum absolute atomic E-state index is 0.116. The van der Waals surface area contributed by atoms with Crippen LogP contribution in [0.4, 0.5) is 10.5 Å². The number of hydrogen-bond donors (Lipinski definition) is 3. The van der Waals surface area contributed by atoms with Crippen molar-refractivity contribution in [3.63, 3.8) is 0 Å². The van der Waals surface area contributed by atoms with Gasteiger partial charge < -0.3 is 14.8 Å². The molecule has 0 saturated heterocycles. The second kappa shape index (κ2) is 8.72. The molecule has 3 rings (SSSR count). The van der Waals surface area contributed by atoms with Crippen LogP contribution in [-0.2, 0) is 16.4 Å². The highest BCUT2D eigenvalue weighted by atomic mass is 79.9. The van der Waals surface area contributed by atoms with E-state index < -0.39 is 22.2 Å². The van der Waals surface area contributed by atoms with Crippen LogP contribution in [0, 0.1) is 0 Å². The number of sulfonamides is 1. The molecule has 9 heteroatoms. The van der Waals surface area contributed by atoms with Crippen LogP contribution in [0.2, 0.25) is 0 Å². The molecule has 1 atom stereocenters. The maximum absolute atomic E-state index is 12.7. The summed E-state index contributed by atoms with van der Waals surface area (Å²) in [5, 5.41) is 12.4. The number of carbonyl (C=O) groups excluding carboxylic acids is 1. The summed E-state index contributed by atoms with van der Waals surface area (Å²) in [6.07, 6.45) is 1.08. The van der Waals surface area contributed by atoms with Crippen LogP contribution < -0.4 is 10.0 Å². The summed E-state index contributed by atoms with van der Waals surface area (Å²) in [5.41, 5.74) is 2.87. The van der Waals surface area contributed by atoms with Crippen molar-refractivity contribution in [2.24, 2.45) is 0 Å². The summed E-state index contributed by atoms with van der Waals surface area (Å²) in [6, 6.07) is 4.27. The molecule has 0 spiro atoms. The average molecular weight is 499 g/mol. The van der Waals surface area contributed by atoms with Crippen LogP contribution in [0.15, 0.2) is 32.2 Å². The number of aryl methyl sites for hydroxylation is 1. The van der Waals surface area contributed by atoms with E-state index in [-0.39, 0.29) is 16.9 Å². The van der Waals surface area contributed by atoms with Crippen LogP contribution in [0.1, 0.15) is 80.9 Å². The van der Waals surface area contributed by atoms with Gasteiger partial charge in [0.25, 0.3) is 10.0 Å². The highest BCUT2D eigenvalue weighted by Gasteiger charge is 2.29. The van der Waals surface area contributed by atoms with Crippen molar-refractivity contribution in [2.75, 3.05) is 5.32 Å². The minimum atomic E-state index is -4.22. The average Bonchev–Trinajstić information content (AvgIpc) is 3.08. The Morgan fingerprint density at radius 3 is 2.30 bits per heavy atom. The maximum Gasteiger partial charge on any atom is 0.333 e. The van der Waals surface area contributed by atoms with Gasteiger partial charge in [-0.15, -0.1) is 0 Å². The first-order valence-corrected chi connectivity index (χ1v) is 12.2. The molecular weight excluding hydrogens is 472 g/mol. The number of anilines is 1. The molecule has 1 aliphatic carbocycles. The predicted octanol–water partition coefficient (Wildman–Crippen LogP) is 5.17. The third-order valence-electron chi connectivity index (χ3n) is 5.20. The molecule has 2 amide bonds. The Labute approximate surface area is 185 Å². The molecule has 3 N–H and O–H groups in total. The van der Waals surface area contributed by atoms with Gasteiger partial charge in [0.15, 0.2) is 0 Å². The van der Waals surface area contributed by atoms with E-state index in [1.807, 2.05) is 44.5 Å². The van der Waals surface area contributed by atoms with Crippen LogP contribution in [0.3, 0.4) is 0 Å². The summed E-state index contributed by atoms with van der Waals surface area (Å²) in [6.45, 7) is 8.02. The Hall–Kier alpha value is -1.84. The third kappa shape index (κ3) is 4.73. The first kappa shape index (κ1) is 22.8. The number of hydrogen-bond acceptors (Lipinski definition) is 5. The quantitative estimate of drug-likeness (QED) is 0.526. The lowest BCUT2D eigenvalue weighted by Gasteiger charge is -2.21. The third-order valence-corrected chi connectivity index (χ3v) is 6.84. The lowest BCUT2D eigenvalue weighted by molar-refractivity contribution is 0.152. The molecule has 164 valence electrons. The van der Waals surface area contributed by atoms with Crippen LogP contribution in [-0.4, -0.2) is 19.6 Å². The van der Waals surface area contributed by atoms with Gasteiger partial charge in [-0.1, -0.05) is 43.6 Å². The molecule has 1 unspecified atom stereocenters. The van der Waals surface area contributed by atoms with Crippen molar-refractivity contribution in [1.29, 1.82) is 0 Å². The molecule has 1 aromatic heterocycles. The zero-order valence-corrected chi connectivity index (χ0v) is 19.9. The summed E-state index contributed by atoms with van der Waals surface area (Å²) >= 11 is 3.50. The molecule has 1 heterocycles. The fraction of sp³-hybridized carbons (Fsp3) is 0.476. The van der Waals surface area contributed by atoms with Gasteiger partial charge in [0.1, 0.15) is 5.76 Å². The number of rotatable bonds is 5. The van der Waals surface area contributed by atoms with E-state index in [4.69, 9.17) is 4.42 Å². The van der Waals surface area contributed by atoms with Crippen LogP contribution >= 0.6 is 15.9 Å². The molecule has 1 aromatic carbocycles. The van der Waals surface area contributed by atoms with Crippen molar-refractivity contribution >= 4 is 37.7 Å². The van der Waals surface area contributed by atoms with E-state index >= 15 is 0 Å². The first-order chi connectivity index (χ1) is 14.0. The molecule has 7 nitrogen and oxygen atoms in total. The maximum atomic E-state index is 12.7. The van der Waals surface area contributed by atoms with Crippen molar-refractivity contribution in [3.8, 4) is 0 Å². The van der Waals surface area contributed by atoms with Gasteiger partial charge >= 0.3 is 6.03 Å². The molecule has 30 heavy (non-hydrogen) atoms. The Morgan fingerprint density at radius 2 is 1.77 bits per heavy atom. The molecule has 1 aliphatic rings. The number of carbonyl (C=O) groups is 1.